The number of esters is 1. The molecule has 1 atom stereocenters. The average molecular weight is 279 g/mol. The van der Waals surface area contributed by atoms with E-state index in [0.29, 0.717) is 19.6 Å². The van der Waals surface area contributed by atoms with Crippen LogP contribution in [0.2, 0.25) is 0 Å². The lowest BCUT2D eigenvalue weighted by atomic mass is 10.1. The fourth-order valence-corrected chi connectivity index (χ4v) is 1.92. The summed E-state index contributed by atoms with van der Waals surface area (Å²) < 4.78 is 10.3. The van der Waals surface area contributed by atoms with Crippen LogP contribution >= 0.6 is 0 Å². The Morgan fingerprint density at radius 1 is 1.20 bits per heavy atom. The van der Waals surface area contributed by atoms with Crippen molar-refractivity contribution < 1.29 is 14.3 Å². The molecule has 0 heterocycles. The third kappa shape index (κ3) is 6.06. The molecular weight excluding hydrogens is 254 g/mol. The van der Waals surface area contributed by atoms with Gasteiger partial charge in [0.15, 0.2) is 0 Å². The van der Waals surface area contributed by atoms with Gasteiger partial charge in [0.2, 0.25) is 0 Å². The van der Waals surface area contributed by atoms with Crippen LogP contribution in [0, 0.1) is 0 Å². The summed E-state index contributed by atoms with van der Waals surface area (Å²) in [6, 6.07) is 8.35. The summed E-state index contributed by atoms with van der Waals surface area (Å²) in [6.07, 6.45) is 1.26. The standard InChI is InChI=1S/C16H25NO3/c1-4-19-15-10-8-14(9-11-15)13(3)17-12-6-7-16(18)20-5-2/h8-11,13,17H,4-7,12H2,1-3H3. The van der Waals surface area contributed by atoms with E-state index < -0.39 is 0 Å². The topological polar surface area (TPSA) is 47.6 Å². The molecule has 4 nitrogen and oxygen atoms in total. The maximum atomic E-state index is 11.2. The van der Waals surface area contributed by atoms with Gasteiger partial charge < -0.3 is 14.8 Å². The molecule has 0 aliphatic carbocycles. The molecule has 0 saturated heterocycles. The first-order chi connectivity index (χ1) is 9.67. The summed E-state index contributed by atoms with van der Waals surface area (Å²) in [5, 5.41) is 3.40. The highest BCUT2D eigenvalue weighted by Crippen LogP contribution is 2.17. The smallest absolute Gasteiger partial charge is 0.305 e. The van der Waals surface area contributed by atoms with Gasteiger partial charge in [-0.25, -0.2) is 0 Å². The van der Waals surface area contributed by atoms with E-state index in [1.807, 2.05) is 26.0 Å². The fraction of sp³-hybridized carbons (Fsp3) is 0.562. The lowest BCUT2D eigenvalue weighted by Gasteiger charge is -2.14. The van der Waals surface area contributed by atoms with Gasteiger partial charge in [0.25, 0.3) is 0 Å². The first-order valence-corrected chi connectivity index (χ1v) is 7.29. The lowest BCUT2D eigenvalue weighted by Crippen LogP contribution is -2.20. The minimum absolute atomic E-state index is 0.122. The highest BCUT2D eigenvalue weighted by Gasteiger charge is 2.06. The number of hydrogen-bond donors (Lipinski definition) is 1. The molecule has 1 rings (SSSR count). The van der Waals surface area contributed by atoms with Crippen molar-refractivity contribution in [3.63, 3.8) is 0 Å². The molecule has 1 unspecified atom stereocenters. The third-order valence-corrected chi connectivity index (χ3v) is 3.00. The van der Waals surface area contributed by atoms with Crippen LogP contribution in [0.5, 0.6) is 5.75 Å². The zero-order valence-electron chi connectivity index (χ0n) is 12.6. The highest BCUT2D eigenvalue weighted by molar-refractivity contribution is 5.69. The number of carbonyl (C=O) groups excluding carboxylic acids is 1. The highest BCUT2D eigenvalue weighted by atomic mass is 16.5. The number of nitrogens with one attached hydrogen (secondary N) is 1. The molecule has 4 heteroatoms. The number of rotatable bonds is 9. The van der Waals surface area contributed by atoms with Crippen molar-refractivity contribution in [1.82, 2.24) is 5.32 Å². The van der Waals surface area contributed by atoms with Crippen LogP contribution < -0.4 is 10.1 Å². The Balaban J connectivity index is 2.28. The van der Waals surface area contributed by atoms with E-state index >= 15 is 0 Å². The average Bonchev–Trinajstić information content (AvgIpc) is 2.45. The first kappa shape index (κ1) is 16.5. The number of hydrogen-bond acceptors (Lipinski definition) is 4. The maximum absolute atomic E-state index is 11.2. The van der Waals surface area contributed by atoms with Crippen LogP contribution in [0.15, 0.2) is 24.3 Å². The second-order valence-corrected chi connectivity index (χ2v) is 4.59. The number of carbonyl (C=O) groups is 1. The molecule has 20 heavy (non-hydrogen) atoms. The number of ether oxygens (including phenoxy) is 2. The van der Waals surface area contributed by atoms with Gasteiger partial charge in [-0.05, 0) is 51.4 Å². The van der Waals surface area contributed by atoms with Gasteiger partial charge in [0, 0.05) is 12.5 Å². The first-order valence-electron chi connectivity index (χ1n) is 7.29. The van der Waals surface area contributed by atoms with E-state index in [1.165, 1.54) is 5.56 Å². The molecule has 1 N–H and O–H groups in total. The predicted molar refractivity (Wildman–Crippen MR) is 79.9 cm³/mol. The van der Waals surface area contributed by atoms with E-state index in [2.05, 4.69) is 24.4 Å². The zero-order valence-corrected chi connectivity index (χ0v) is 12.6. The van der Waals surface area contributed by atoms with E-state index in [4.69, 9.17) is 9.47 Å². The van der Waals surface area contributed by atoms with Crippen LogP contribution in [0.1, 0.15) is 45.2 Å². The van der Waals surface area contributed by atoms with Crippen LogP contribution in [0.4, 0.5) is 0 Å². The summed E-state index contributed by atoms with van der Waals surface area (Å²) in [5.41, 5.74) is 1.21. The Hall–Kier alpha value is -1.55. The van der Waals surface area contributed by atoms with Gasteiger partial charge >= 0.3 is 5.97 Å². The van der Waals surface area contributed by atoms with E-state index in [-0.39, 0.29) is 12.0 Å². The molecule has 0 radical (unpaired) electrons. The molecule has 1 aromatic rings. The Bertz CT molecular complexity index is 389. The molecule has 0 fully saturated rings. The second-order valence-electron chi connectivity index (χ2n) is 4.59. The SMILES string of the molecule is CCOC(=O)CCCNC(C)c1ccc(OCC)cc1. The van der Waals surface area contributed by atoms with Gasteiger partial charge in [0.1, 0.15) is 5.75 Å². The summed E-state index contributed by atoms with van der Waals surface area (Å²) >= 11 is 0. The Morgan fingerprint density at radius 3 is 2.50 bits per heavy atom. The molecule has 0 aromatic heterocycles. The van der Waals surface area contributed by atoms with Gasteiger partial charge in [-0.15, -0.1) is 0 Å². The maximum Gasteiger partial charge on any atom is 0.305 e. The summed E-state index contributed by atoms with van der Waals surface area (Å²) in [6.45, 7) is 7.84. The fourth-order valence-electron chi connectivity index (χ4n) is 1.92. The molecular formula is C16H25NO3. The van der Waals surface area contributed by atoms with Gasteiger partial charge in [-0.3, -0.25) is 4.79 Å². The minimum Gasteiger partial charge on any atom is -0.494 e. The third-order valence-electron chi connectivity index (χ3n) is 3.00. The summed E-state index contributed by atoms with van der Waals surface area (Å²) in [4.78, 5) is 11.2. The van der Waals surface area contributed by atoms with E-state index in [1.54, 1.807) is 0 Å². The van der Waals surface area contributed by atoms with E-state index in [9.17, 15) is 4.79 Å². The van der Waals surface area contributed by atoms with Crippen molar-refractivity contribution in [3.05, 3.63) is 29.8 Å². The monoisotopic (exact) mass is 279 g/mol. The van der Waals surface area contributed by atoms with E-state index in [0.717, 1.165) is 18.7 Å². The molecule has 0 saturated carbocycles. The van der Waals surface area contributed by atoms with Gasteiger partial charge in [-0.2, -0.15) is 0 Å². The second kappa shape index (κ2) is 9.37. The molecule has 0 spiro atoms. The molecule has 0 bridgehead atoms. The predicted octanol–water partition coefficient (Wildman–Crippen LogP) is 3.08. The normalized spacial score (nSPS) is 11.9. The largest absolute Gasteiger partial charge is 0.494 e. The van der Waals surface area contributed by atoms with Crippen molar-refractivity contribution in [3.8, 4) is 5.75 Å². The summed E-state index contributed by atoms with van der Waals surface area (Å²) in [7, 11) is 0. The molecule has 112 valence electrons. The summed E-state index contributed by atoms with van der Waals surface area (Å²) in [5.74, 6) is 0.772. The quantitative estimate of drug-likeness (QED) is 0.557. The van der Waals surface area contributed by atoms with Crippen LogP contribution in [-0.2, 0) is 9.53 Å². The molecule has 0 aliphatic heterocycles. The van der Waals surface area contributed by atoms with Crippen molar-refractivity contribution in [2.45, 2.75) is 39.7 Å². The van der Waals surface area contributed by atoms with Gasteiger partial charge in [-0.1, -0.05) is 12.1 Å². The van der Waals surface area contributed by atoms with Gasteiger partial charge in [0.05, 0.1) is 13.2 Å². The van der Waals surface area contributed by atoms with Crippen molar-refractivity contribution in [1.29, 1.82) is 0 Å². The van der Waals surface area contributed by atoms with Crippen molar-refractivity contribution in [2.24, 2.45) is 0 Å². The van der Waals surface area contributed by atoms with Crippen LogP contribution in [0.3, 0.4) is 0 Å². The lowest BCUT2D eigenvalue weighted by molar-refractivity contribution is -0.143. The number of benzene rings is 1. The Labute approximate surface area is 121 Å². The Morgan fingerprint density at radius 2 is 1.90 bits per heavy atom. The molecule has 0 amide bonds. The van der Waals surface area contributed by atoms with Crippen molar-refractivity contribution >= 4 is 5.97 Å². The minimum atomic E-state index is -0.122. The molecule has 1 aromatic carbocycles. The van der Waals surface area contributed by atoms with Crippen LogP contribution in [0.25, 0.3) is 0 Å². The van der Waals surface area contributed by atoms with Crippen molar-refractivity contribution in [2.75, 3.05) is 19.8 Å². The Kier molecular flexibility index (Phi) is 7.73. The molecule has 0 aliphatic rings. The zero-order chi connectivity index (χ0) is 14.8. The van der Waals surface area contributed by atoms with Crippen LogP contribution in [-0.4, -0.2) is 25.7 Å².